The van der Waals surface area contributed by atoms with Gasteiger partial charge in [0.2, 0.25) is 6.10 Å². The highest BCUT2D eigenvalue weighted by Crippen LogP contribution is 2.24. The quantitative estimate of drug-likeness (QED) is 0.830. The van der Waals surface area contributed by atoms with Gasteiger partial charge in [0.15, 0.2) is 0 Å². The van der Waals surface area contributed by atoms with Crippen molar-refractivity contribution in [3.8, 4) is 5.75 Å². The molecule has 1 atom stereocenters. The Hall–Kier alpha value is -2.82. The molecule has 1 aliphatic carbocycles. The molecular formula is C19H19NO4. The molecule has 5 nitrogen and oxygen atoms in total. The Labute approximate surface area is 140 Å². The van der Waals surface area contributed by atoms with E-state index in [9.17, 15) is 9.59 Å². The molecule has 1 N–H and O–H groups in total. The van der Waals surface area contributed by atoms with Gasteiger partial charge in [-0.25, -0.2) is 4.79 Å². The Bertz CT molecular complexity index is 708. The number of carbonyl (C=O) groups excluding carboxylic acids is 2. The first-order valence-corrected chi connectivity index (χ1v) is 7.88. The molecule has 24 heavy (non-hydrogen) atoms. The number of rotatable bonds is 6. The van der Waals surface area contributed by atoms with Crippen LogP contribution >= 0.6 is 0 Å². The number of methoxy groups -OCH3 is 1. The molecule has 5 heteroatoms. The fourth-order valence-corrected chi connectivity index (χ4v) is 2.31. The molecule has 124 valence electrons. The second kappa shape index (κ2) is 7.17. The molecule has 0 aromatic heterocycles. The maximum absolute atomic E-state index is 12.5. The largest absolute Gasteiger partial charge is 0.497 e. The zero-order chi connectivity index (χ0) is 16.9. The van der Waals surface area contributed by atoms with E-state index in [1.807, 2.05) is 18.2 Å². The van der Waals surface area contributed by atoms with Crippen LogP contribution in [0.5, 0.6) is 5.75 Å². The highest BCUT2D eigenvalue weighted by Gasteiger charge is 2.31. The minimum atomic E-state index is -0.957. The van der Waals surface area contributed by atoms with E-state index in [1.54, 1.807) is 43.5 Å². The smallest absolute Gasteiger partial charge is 0.339 e. The van der Waals surface area contributed by atoms with Gasteiger partial charge in [-0.2, -0.15) is 0 Å². The average molecular weight is 325 g/mol. The van der Waals surface area contributed by atoms with Crippen molar-refractivity contribution in [2.75, 3.05) is 7.11 Å². The third-order valence-electron chi connectivity index (χ3n) is 3.81. The van der Waals surface area contributed by atoms with Gasteiger partial charge in [-0.3, -0.25) is 4.79 Å². The number of hydrogen-bond donors (Lipinski definition) is 1. The van der Waals surface area contributed by atoms with Crippen LogP contribution in [0.1, 0.15) is 34.9 Å². The summed E-state index contributed by atoms with van der Waals surface area (Å²) in [5.74, 6) is -0.180. The summed E-state index contributed by atoms with van der Waals surface area (Å²) < 4.78 is 10.6. The summed E-state index contributed by atoms with van der Waals surface area (Å²) in [7, 11) is 1.56. The second-order valence-electron chi connectivity index (χ2n) is 5.71. The van der Waals surface area contributed by atoms with Crippen LogP contribution in [0.15, 0.2) is 54.6 Å². The van der Waals surface area contributed by atoms with Crippen molar-refractivity contribution in [1.82, 2.24) is 5.32 Å². The molecule has 1 saturated carbocycles. The summed E-state index contributed by atoms with van der Waals surface area (Å²) in [5, 5.41) is 2.89. The van der Waals surface area contributed by atoms with Crippen molar-refractivity contribution >= 4 is 11.9 Å². The zero-order valence-corrected chi connectivity index (χ0v) is 13.4. The Kier molecular flexibility index (Phi) is 4.79. The molecule has 0 bridgehead atoms. The lowest BCUT2D eigenvalue weighted by atomic mass is 10.1. The van der Waals surface area contributed by atoms with E-state index < -0.39 is 12.1 Å². The van der Waals surface area contributed by atoms with Crippen molar-refractivity contribution in [2.45, 2.75) is 25.0 Å². The van der Waals surface area contributed by atoms with E-state index >= 15 is 0 Å². The van der Waals surface area contributed by atoms with Crippen molar-refractivity contribution in [3.63, 3.8) is 0 Å². The molecule has 0 aliphatic heterocycles. The van der Waals surface area contributed by atoms with Crippen LogP contribution in [-0.4, -0.2) is 25.0 Å². The highest BCUT2D eigenvalue weighted by molar-refractivity contribution is 5.93. The van der Waals surface area contributed by atoms with E-state index in [0.717, 1.165) is 12.8 Å². The molecule has 1 amide bonds. The third kappa shape index (κ3) is 3.93. The predicted molar refractivity (Wildman–Crippen MR) is 88.8 cm³/mol. The van der Waals surface area contributed by atoms with Crippen LogP contribution in [0.2, 0.25) is 0 Å². The van der Waals surface area contributed by atoms with Gasteiger partial charge in [-0.1, -0.05) is 30.3 Å². The van der Waals surface area contributed by atoms with Gasteiger partial charge >= 0.3 is 5.97 Å². The predicted octanol–water partition coefficient (Wildman–Crippen LogP) is 2.87. The van der Waals surface area contributed by atoms with Gasteiger partial charge in [0.25, 0.3) is 5.91 Å². The monoisotopic (exact) mass is 325 g/mol. The fourth-order valence-electron chi connectivity index (χ4n) is 2.31. The summed E-state index contributed by atoms with van der Waals surface area (Å²) in [6.07, 6.45) is 0.987. The number of benzene rings is 2. The van der Waals surface area contributed by atoms with Crippen LogP contribution in [0.4, 0.5) is 0 Å². The van der Waals surface area contributed by atoms with E-state index in [-0.39, 0.29) is 11.9 Å². The number of ether oxygens (including phenoxy) is 2. The Balaban J connectivity index is 1.77. The van der Waals surface area contributed by atoms with E-state index in [1.165, 1.54) is 0 Å². The molecule has 2 aromatic rings. The first-order chi connectivity index (χ1) is 11.7. The third-order valence-corrected chi connectivity index (χ3v) is 3.81. The summed E-state index contributed by atoms with van der Waals surface area (Å²) in [5.41, 5.74) is 1.02. The Morgan fingerprint density at radius 3 is 2.29 bits per heavy atom. The molecule has 1 fully saturated rings. The Morgan fingerprint density at radius 1 is 1.04 bits per heavy atom. The minimum Gasteiger partial charge on any atom is -0.497 e. The molecule has 1 aliphatic rings. The summed E-state index contributed by atoms with van der Waals surface area (Å²) in [6, 6.07) is 15.8. The lowest BCUT2D eigenvalue weighted by Gasteiger charge is -2.18. The molecule has 0 spiro atoms. The standard InChI is InChI=1S/C19H19NO4/c1-23-16-11-7-14(8-12-16)19(22)24-17(13-5-3-2-4-6-13)18(21)20-15-9-10-15/h2-8,11-12,15,17H,9-10H2,1H3,(H,20,21)/t17-/m0/s1. The van der Waals surface area contributed by atoms with Gasteiger partial charge in [0.1, 0.15) is 5.75 Å². The number of carbonyl (C=O) groups is 2. The Morgan fingerprint density at radius 2 is 1.71 bits per heavy atom. The lowest BCUT2D eigenvalue weighted by molar-refractivity contribution is -0.130. The number of esters is 1. The second-order valence-corrected chi connectivity index (χ2v) is 5.71. The van der Waals surface area contributed by atoms with Crippen molar-refractivity contribution in [2.24, 2.45) is 0 Å². The maximum Gasteiger partial charge on any atom is 0.339 e. The number of amides is 1. The van der Waals surface area contributed by atoms with Crippen molar-refractivity contribution in [3.05, 3.63) is 65.7 Å². The van der Waals surface area contributed by atoms with Gasteiger partial charge in [-0.15, -0.1) is 0 Å². The average Bonchev–Trinajstić information content (AvgIpc) is 3.44. The normalized spacial score (nSPS) is 14.5. The molecule has 0 saturated heterocycles. The molecule has 0 heterocycles. The van der Waals surface area contributed by atoms with E-state index in [0.29, 0.717) is 16.9 Å². The van der Waals surface area contributed by atoms with Crippen LogP contribution in [-0.2, 0) is 9.53 Å². The highest BCUT2D eigenvalue weighted by atomic mass is 16.5. The zero-order valence-electron chi connectivity index (χ0n) is 13.4. The minimum absolute atomic E-state index is 0.198. The van der Waals surface area contributed by atoms with Gasteiger partial charge in [0, 0.05) is 11.6 Å². The lowest BCUT2D eigenvalue weighted by Crippen LogP contribution is -2.33. The first kappa shape index (κ1) is 16.1. The van der Waals surface area contributed by atoms with Crippen molar-refractivity contribution < 1.29 is 19.1 Å². The van der Waals surface area contributed by atoms with Gasteiger partial charge in [-0.05, 0) is 37.1 Å². The molecule has 2 aromatic carbocycles. The van der Waals surface area contributed by atoms with Crippen LogP contribution in [0.25, 0.3) is 0 Å². The number of nitrogens with one attached hydrogen (secondary N) is 1. The molecule has 0 unspecified atom stereocenters. The maximum atomic E-state index is 12.5. The van der Waals surface area contributed by atoms with Gasteiger partial charge < -0.3 is 14.8 Å². The molecule has 3 rings (SSSR count). The fraction of sp³-hybridized carbons (Fsp3) is 0.263. The molecular weight excluding hydrogens is 306 g/mol. The van der Waals surface area contributed by atoms with Crippen molar-refractivity contribution in [1.29, 1.82) is 0 Å². The van der Waals surface area contributed by atoms with Gasteiger partial charge in [0.05, 0.1) is 12.7 Å². The molecule has 0 radical (unpaired) electrons. The SMILES string of the molecule is COc1ccc(C(=O)O[C@H](C(=O)NC2CC2)c2ccccc2)cc1. The summed E-state index contributed by atoms with van der Waals surface area (Å²) in [6.45, 7) is 0. The van der Waals surface area contributed by atoms with Crippen LogP contribution in [0.3, 0.4) is 0 Å². The number of hydrogen-bond acceptors (Lipinski definition) is 4. The topological polar surface area (TPSA) is 64.6 Å². The van der Waals surface area contributed by atoms with Crippen LogP contribution in [0, 0.1) is 0 Å². The first-order valence-electron chi connectivity index (χ1n) is 7.88. The summed E-state index contributed by atoms with van der Waals surface area (Å²) >= 11 is 0. The van der Waals surface area contributed by atoms with E-state index in [4.69, 9.17) is 9.47 Å². The van der Waals surface area contributed by atoms with Crippen LogP contribution < -0.4 is 10.1 Å². The van der Waals surface area contributed by atoms with E-state index in [2.05, 4.69) is 5.32 Å². The summed E-state index contributed by atoms with van der Waals surface area (Å²) in [4.78, 5) is 24.8.